The zero-order valence-corrected chi connectivity index (χ0v) is 9.53. The van der Waals surface area contributed by atoms with Gasteiger partial charge in [0.1, 0.15) is 5.69 Å². The van der Waals surface area contributed by atoms with E-state index in [9.17, 15) is 26.7 Å². The first-order valence-electron chi connectivity index (χ1n) is 4.10. The highest BCUT2D eigenvalue weighted by molar-refractivity contribution is 9.08. The van der Waals surface area contributed by atoms with Crippen molar-refractivity contribution >= 4 is 15.9 Å². The molecule has 0 bridgehead atoms. The zero-order valence-electron chi connectivity index (χ0n) is 7.95. The number of nitrogens with one attached hydrogen (secondary N) is 1. The fourth-order valence-electron chi connectivity index (χ4n) is 1.11. The van der Waals surface area contributed by atoms with E-state index in [1.807, 2.05) is 0 Å². The van der Waals surface area contributed by atoms with Gasteiger partial charge < -0.3 is 9.72 Å². The number of halogens is 6. The van der Waals surface area contributed by atoms with E-state index in [4.69, 9.17) is 0 Å². The van der Waals surface area contributed by atoms with Crippen LogP contribution >= 0.6 is 15.9 Å². The molecule has 1 rings (SSSR count). The quantitative estimate of drug-likeness (QED) is 0.686. The van der Waals surface area contributed by atoms with Crippen molar-refractivity contribution in [1.29, 1.82) is 0 Å². The third kappa shape index (κ3) is 3.69. The lowest BCUT2D eigenvalue weighted by Gasteiger charge is -2.15. The molecule has 0 atom stereocenters. The number of pyridine rings is 1. The minimum atomic E-state index is -5.11. The van der Waals surface area contributed by atoms with Crippen LogP contribution < -0.4 is 10.3 Å². The van der Waals surface area contributed by atoms with Crippen molar-refractivity contribution in [2.75, 3.05) is 0 Å². The topological polar surface area (TPSA) is 42.1 Å². The molecule has 0 saturated heterocycles. The lowest BCUT2D eigenvalue weighted by atomic mass is 10.2. The second kappa shape index (κ2) is 5.03. The summed E-state index contributed by atoms with van der Waals surface area (Å²) in [5.41, 5.74) is -2.42. The van der Waals surface area contributed by atoms with Gasteiger partial charge in [0.25, 0.3) is 6.43 Å². The highest BCUT2D eigenvalue weighted by Crippen LogP contribution is 2.34. The monoisotopic (exact) mass is 321 g/mol. The molecule has 0 aromatic carbocycles. The van der Waals surface area contributed by atoms with Gasteiger partial charge in [-0.25, -0.2) is 8.78 Å². The average Bonchev–Trinajstić information content (AvgIpc) is 2.17. The Balaban J connectivity index is 3.37. The number of H-pyrrole nitrogens is 1. The normalized spacial score (nSPS) is 11.9. The molecule has 0 fully saturated rings. The van der Waals surface area contributed by atoms with Crippen LogP contribution in [-0.2, 0) is 5.33 Å². The highest BCUT2D eigenvalue weighted by Gasteiger charge is 2.35. The van der Waals surface area contributed by atoms with Crippen LogP contribution in [0.1, 0.15) is 17.7 Å². The molecule has 0 spiro atoms. The first-order chi connectivity index (χ1) is 7.74. The maximum absolute atomic E-state index is 12.5. The molecule has 0 aliphatic heterocycles. The van der Waals surface area contributed by atoms with Gasteiger partial charge in [-0.15, -0.1) is 13.2 Å². The molecule has 0 unspecified atom stereocenters. The summed E-state index contributed by atoms with van der Waals surface area (Å²) in [6, 6.07) is 0.752. The van der Waals surface area contributed by atoms with Crippen LogP contribution in [0, 0.1) is 0 Å². The smallest absolute Gasteiger partial charge is 0.403 e. The molecule has 96 valence electrons. The molecule has 17 heavy (non-hydrogen) atoms. The van der Waals surface area contributed by atoms with Crippen LogP contribution in [0.5, 0.6) is 5.75 Å². The summed E-state index contributed by atoms with van der Waals surface area (Å²) in [5.74, 6) is -1.08. The van der Waals surface area contributed by atoms with Gasteiger partial charge in [-0.05, 0) is 0 Å². The number of rotatable bonds is 3. The zero-order chi connectivity index (χ0) is 13.2. The van der Waals surface area contributed by atoms with Crippen LogP contribution in [0.4, 0.5) is 22.0 Å². The minimum absolute atomic E-state index is 0.220. The molecular weight excluding hydrogens is 317 g/mol. The fourth-order valence-corrected chi connectivity index (χ4v) is 1.53. The third-order valence-electron chi connectivity index (χ3n) is 1.68. The molecule has 0 amide bonds. The number of hydrogen-bond acceptors (Lipinski definition) is 2. The Morgan fingerprint density at radius 2 is 2.00 bits per heavy atom. The number of aromatic amines is 1. The van der Waals surface area contributed by atoms with E-state index in [2.05, 4.69) is 20.7 Å². The predicted octanol–water partition coefficient (Wildman–Crippen LogP) is 3.11. The Bertz CT molecular complexity index is 456. The van der Waals surface area contributed by atoms with Gasteiger partial charge in [0.05, 0.1) is 0 Å². The Hall–Kier alpha value is -1.12. The van der Waals surface area contributed by atoms with E-state index in [-0.39, 0.29) is 10.9 Å². The SMILES string of the molecule is O=c1cc(CBr)c(OC(F)(F)F)c(C(F)F)[nH]1. The van der Waals surface area contributed by atoms with Crippen LogP contribution in [0.15, 0.2) is 10.9 Å². The number of ether oxygens (including phenoxy) is 1. The first kappa shape index (κ1) is 13.9. The molecular formula is C8H5BrF5NO2. The third-order valence-corrected chi connectivity index (χ3v) is 2.28. The predicted molar refractivity (Wildman–Crippen MR) is 51.3 cm³/mol. The van der Waals surface area contributed by atoms with E-state index < -0.39 is 29.8 Å². The van der Waals surface area contributed by atoms with Gasteiger partial charge in [-0.1, -0.05) is 15.9 Å². The average molecular weight is 322 g/mol. The Kier molecular flexibility index (Phi) is 4.12. The number of alkyl halides is 6. The largest absolute Gasteiger partial charge is 0.573 e. The maximum Gasteiger partial charge on any atom is 0.573 e. The number of aromatic nitrogens is 1. The van der Waals surface area contributed by atoms with Gasteiger partial charge >= 0.3 is 6.36 Å². The lowest BCUT2D eigenvalue weighted by molar-refractivity contribution is -0.275. The Labute approximate surface area is 99.7 Å². The van der Waals surface area contributed by atoms with Crippen molar-refractivity contribution < 1.29 is 26.7 Å². The maximum atomic E-state index is 12.5. The van der Waals surface area contributed by atoms with Crippen molar-refractivity contribution in [2.45, 2.75) is 18.1 Å². The second-order valence-electron chi connectivity index (χ2n) is 2.88. The summed E-state index contributed by atoms with van der Waals surface area (Å²) in [6.07, 6.45) is -8.39. The molecule has 1 N–H and O–H groups in total. The summed E-state index contributed by atoms with van der Waals surface area (Å²) < 4.78 is 64.5. The van der Waals surface area contributed by atoms with Crippen molar-refractivity contribution in [2.24, 2.45) is 0 Å². The van der Waals surface area contributed by atoms with E-state index >= 15 is 0 Å². The van der Waals surface area contributed by atoms with Gasteiger partial charge in [-0.2, -0.15) is 0 Å². The van der Waals surface area contributed by atoms with E-state index in [1.54, 1.807) is 4.98 Å². The fraction of sp³-hybridized carbons (Fsp3) is 0.375. The molecule has 0 saturated carbocycles. The Morgan fingerprint density at radius 3 is 2.41 bits per heavy atom. The first-order valence-corrected chi connectivity index (χ1v) is 5.22. The summed E-state index contributed by atoms with van der Waals surface area (Å²) in [5, 5.41) is -0.220. The van der Waals surface area contributed by atoms with E-state index in [0.717, 1.165) is 6.07 Å². The molecule has 9 heteroatoms. The summed E-state index contributed by atoms with van der Waals surface area (Å²) >= 11 is 2.79. The molecule has 1 heterocycles. The molecule has 1 aromatic rings. The van der Waals surface area contributed by atoms with E-state index in [1.165, 1.54) is 0 Å². The molecule has 0 radical (unpaired) electrons. The summed E-state index contributed by atoms with van der Waals surface area (Å²) in [4.78, 5) is 12.6. The standard InChI is InChI=1S/C8H5BrF5NO2/c9-2-3-1-4(16)15-5(7(10)11)6(3)17-8(12,13)14/h1,7H,2H2,(H,15,16). The second-order valence-corrected chi connectivity index (χ2v) is 3.44. The Morgan fingerprint density at radius 1 is 1.41 bits per heavy atom. The molecule has 3 nitrogen and oxygen atoms in total. The van der Waals surface area contributed by atoms with Crippen molar-refractivity contribution in [1.82, 2.24) is 4.98 Å². The van der Waals surface area contributed by atoms with Crippen LogP contribution in [0.25, 0.3) is 0 Å². The minimum Gasteiger partial charge on any atom is -0.403 e. The van der Waals surface area contributed by atoms with Crippen molar-refractivity contribution in [3.63, 3.8) is 0 Å². The highest BCUT2D eigenvalue weighted by atomic mass is 79.9. The number of hydrogen-bond donors (Lipinski definition) is 1. The van der Waals surface area contributed by atoms with Crippen molar-refractivity contribution in [3.05, 3.63) is 27.7 Å². The molecule has 1 aromatic heterocycles. The van der Waals surface area contributed by atoms with Gasteiger partial charge in [-0.3, -0.25) is 4.79 Å². The van der Waals surface area contributed by atoms with Gasteiger partial charge in [0.2, 0.25) is 5.56 Å². The lowest BCUT2D eigenvalue weighted by Crippen LogP contribution is -2.22. The summed E-state index contributed by atoms with van der Waals surface area (Å²) in [6.45, 7) is 0. The van der Waals surface area contributed by atoms with Crippen LogP contribution in [-0.4, -0.2) is 11.3 Å². The van der Waals surface area contributed by atoms with Gasteiger partial charge in [0.15, 0.2) is 5.75 Å². The van der Waals surface area contributed by atoms with Crippen LogP contribution in [0.3, 0.4) is 0 Å². The summed E-state index contributed by atoms with van der Waals surface area (Å²) in [7, 11) is 0. The molecule has 0 aliphatic carbocycles. The molecule has 0 aliphatic rings. The van der Waals surface area contributed by atoms with Crippen LogP contribution in [0.2, 0.25) is 0 Å². The van der Waals surface area contributed by atoms with E-state index in [0.29, 0.717) is 0 Å². The van der Waals surface area contributed by atoms with Gasteiger partial charge in [0, 0.05) is 17.0 Å². The van der Waals surface area contributed by atoms with Crippen molar-refractivity contribution in [3.8, 4) is 5.75 Å².